The minimum atomic E-state index is 0.616. The molecule has 1 saturated carbocycles. The van der Waals surface area contributed by atoms with Crippen LogP contribution in [0.1, 0.15) is 42.5 Å². The zero-order valence-corrected chi connectivity index (χ0v) is 8.05. The van der Waals surface area contributed by atoms with Gasteiger partial charge in [-0.2, -0.15) is 0 Å². The maximum Gasteiger partial charge on any atom is 0.197 e. The third-order valence-corrected chi connectivity index (χ3v) is 2.44. The van der Waals surface area contributed by atoms with Crippen molar-refractivity contribution in [1.82, 2.24) is 4.98 Å². The van der Waals surface area contributed by atoms with Crippen molar-refractivity contribution in [2.75, 3.05) is 6.54 Å². The van der Waals surface area contributed by atoms with Gasteiger partial charge in [-0.05, 0) is 32.7 Å². The van der Waals surface area contributed by atoms with Crippen LogP contribution in [0.3, 0.4) is 0 Å². The quantitative estimate of drug-likeness (QED) is 0.768. The Balaban J connectivity index is 2.06. The van der Waals surface area contributed by atoms with E-state index in [1.165, 1.54) is 12.8 Å². The summed E-state index contributed by atoms with van der Waals surface area (Å²) in [5, 5.41) is 0. The summed E-state index contributed by atoms with van der Waals surface area (Å²) >= 11 is 0. The van der Waals surface area contributed by atoms with Crippen molar-refractivity contribution in [3.8, 4) is 0 Å². The molecular weight excluding hydrogens is 164 g/mol. The number of hydrogen-bond donors (Lipinski definition) is 1. The summed E-state index contributed by atoms with van der Waals surface area (Å²) in [4.78, 5) is 4.42. The number of oxazole rings is 1. The summed E-state index contributed by atoms with van der Waals surface area (Å²) in [6, 6.07) is 0. The van der Waals surface area contributed by atoms with Crippen molar-refractivity contribution in [1.29, 1.82) is 0 Å². The average molecular weight is 180 g/mol. The van der Waals surface area contributed by atoms with Gasteiger partial charge in [0.25, 0.3) is 0 Å². The van der Waals surface area contributed by atoms with E-state index in [-0.39, 0.29) is 0 Å². The number of nitrogens with two attached hydrogens (primary N) is 1. The number of aryl methyl sites for hydroxylation is 2. The van der Waals surface area contributed by atoms with E-state index < -0.39 is 0 Å². The van der Waals surface area contributed by atoms with Crippen molar-refractivity contribution >= 4 is 0 Å². The fraction of sp³-hybridized carbons (Fsp3) is 0.700. The van der Waals surface area contributed by atoms with Gasteiger partial charge in [-0.1, -0.05) is 0 Å². The Kier molecular flexibility index (Phi) is 2.36. The summed E-state index contributed by atoms with van der Waals surface area (Å²) in [6.45, 7) is 2.74. The molecule has 2 N–H and O–H groups in total. The molecule has 0 atom stereocenters. The minimum Gasteiger partial charge on any atom is -0.445 e. The molecule has 0 bridgehead atoms. The predicted molar refractivity (Wildman–Crippen MR) is 50.6 cm³/mol. The molecule has 1 aromatic rings. The zero-order chi connectivity index (χ0) is 9.26. The third kappa shape index (κ3) is 1.91. The molecule has 0 radical (unpaired) electrons. The van der Waals surface area contributed by atoms with Crippen LogP contribution in [-0.4, -0.2) is 11.5 Å². The van der Waals surface area contributed by atoms with Gasteiger partial charge >= 0.3 is 0 Å². The van der Waals surface area contributed by atoms with Crippen LogP contribution in [0.5, 0.6) is 0 Å². The summed E-state index contributed by atoms with van der Waals surface area (Å²) < 4.78 is 5.67. The number of nitrogens with zero attached hydrogens (tertiary/aromatic N) is 1. The second-order valence-electron chi connectivity index (χ2n) is 3.73. The summed E-state index contributed by atoms with van der Waals surface area (Å²) in [5.74, 6) is 2.60. The highest BCUT2D eigenvalue weighted by atomic mass is 16.4. The summed E-state index contributed by atoms with van der Waals surface area (Å²) in [7, 11) is 0. The van der Waals surface area contributed by atoms with Crippen LogP contribution in [0.25, 0.3) is 0 Å². The molecule has 1 aliphatic rings. The molecule has 13 heavy (non-hydrogen) atoms. The van der Waals surface area contributed by atoms with Crippen LogP contribution >= 0.6 is 0 Å². The highest BCUT2D eigenvalue weighted by Gasteiger charge is 2.29. The lowest BCUT2D eigenvalue weighted by Crippen LogP contribution is -2.00. The van der Waals surface area contributed by atoms with Crippen molar-refractivity contribution in [2.45, 2.75) is 38.5 Å². The van der Waals surface area contributed by atoms with Gasteiger partial charge in [0.2, 0.25) is 0 Å². The monoisotopic (exact) mass is 180 g/mol. The van der Waals surface area contributed by atoms with E-state index >= 15 is 0 Å². The molecule has 1 aromatic heterocycles. The number of aromatic nitrogens is 1. The first-order valence-corrected chi connectivity index (χ1v) is 4.97. The lowest BCUT2D eigenvalue weighted by Gasteiger charge is -1.93. The Morgan fingerprint density at radius 1 is 1.54 bits per heavy atom. The van der Waals surface area contributed by atoms with Gasteiger partial charge in [-0.15, -0.1) is 0 Å². The van der Waals surface area contributed by atoms with Gasteiger partial charge in [0.05, 0.1) is 5.69 Å². The Labute approximate surface area is 78.3 Å². The topological polar surface area (TPSA) is 52.0 Å². The number of rotatable bonds is 4. The zero-order valence-electron chi connectivity index (χ0n) is 8.05. The molecule has 1 fully saturated rings. The summed E-state index contributed by atoms with van der Waals surface area (Å²) in [6.07, 6.45) is 4.41. The van der Waals surface area contributed by atoms with E-state index in [0.29, 0.717) is 5.92 Å². The Morgan fingerprint density at radius 2 is 2.31 bits per heavy atom. The van der Waals surface area contributed by atoms with Crippen molar-refractivity contribution in [3.63, 3.8) is 0 Å². The second kappa shape index (κ2) is 3.50. The molecule has 0 spiro atoms. The maximum absolute atomic E-state index is 5.67. The lowest BCUT2D eigenvalue weighted by atomic mass is 10.2. The fourth-order valence-electron chi connectivity index (χ4n) is 1.45. The van der Waals surface area contributed by atoms with Gasteiger partial charge < -0.3 is 10.2 Å². The standard InChI is InChI=1S/C10H16N2O/c1-7-9(3-2-6-11)13-10(12-7)8-4-5-8/h8H,2-6,11H2,1H3. The van der Waals surface area contributed by atoms with Gasteiger partial charge in [-0.3, -0.25) is 0 Å². The van der Waals surface area contributed by atoms with E-state index in [0.717, 1.165) is 36.7 Å². The molecule has 72 valence electrons. The van der Waals surface area contributed by atoms with Gasteiger partial charge in [0.15, 0.2) is 5.89 Å². The van der Waals surface area contributed by atoms with Gasteiger partial charge in [-0.25, -0.2) is 4.98 Å². The first-order valence-electron chi connectivity index (χ1n) is 4.97. The first kappa shape index (κ1) is 8.75. The van der Waals surface area contributed by atoms with Crippen molar-refractivity contribution in [3.05, 3.63) is 17.3 Å². The first-order chi connectivity index (χ1) is 6.31. The van der Waals surface area contributed by atoms with Crippen LogP contribution in [0.4, 0.5) is 0 Å². The predicted octanol–water partition coefficient (Wildman–Crippen LogP) is 1.75. The van der Waals surface area contributed by atoms with Crippen LogP contribution in [0.15, 0.2) is 4.42 Å². The van der Waals surface area contributed by atoms with Crippen LogP contribution in [0.2, 0.25) is 0 Å². The molecule has 3 nitrogen and oxygen atoms in total. The Morgan fingerprint density at radius 3 is 2.92 bits per heavy atom. The Bertz CT molecular complexity index is 289. The normalized spacial score (nSPS) is 16.5. The molecule has 0 aromatic carbocycles. The van der Waals surface area contributed by atoms with Crippen LogP contribution in [0, 0.1) is 6.92 Å². The van der Waals surface area contributed by atoms with Crippen molar-refractivity contribution in [2.24, 2.45) is 5.73 Å². The van der Waals surface area contributed by atoms with Gasteiger partial charge in [0, 0.05) is 12.3 Å². The lowest BCUT2D eigenvalue weighted by molar-refractivity contribution is 0.451. The Hall–Kier alpha value is -0.830. The minimum absolute atomic E-state index is 0.616. The molecular formula is C10H16N2O. The van der Waals surface area contributed by atoms with Crippen LogP contribution < -0.4 is 5.73 Å². The van der Waals surface area contributed by atoms with E-state index in [9.17, 15) is 0 Å². The highest BCUT2D eigenvalue weighted by Crippen LogP contribution is 2.40. The molecule has 1 heterocycles. The highest BCUT2D eigenvalue weighted by molar-refractivity contribution is 5.12. The van der Waals surface area contributed by atoms with E-state index in [1.807, 2.05) is 6.92 Å². The van der Waals surface area contributed by atoms with E-state index in [1.54, 1.807) is 0 Å². The average Bonchev–Trinajstić information content (AvgIpc) is 2.89. The molecule has 1 aliphatic carbocycles. The molecule has 0 unspecified atom stereocenters. The smallest absolute Gasteiger partial charge is 0.197 e. The molecule has 3 heteroatoms. The molecule has 2 rings (SSSR count). The van der Waals surface area contributed by atoms with Crippen molar-refractivity contribution < 1.29 is 4.42 Å². The largest absolute Gasteiger partial charge is 0.445 e. The van der Waals surface area contributed by atoms with Crippen LogP contribution in [-0.2, 0) is 6.42 Å². The molecule has 0 aliphatic heterocycles. The third-order valence-electron chi connectivity index (χ3n) is 2.44. The molecule has 0 amide bonds. The second-order valence-corrected chi connectivity index (χ2v) is 3.73. The van der Waals surface area contributed by atoms with E-state index in [4.69, 9.17) is 10.2 Å². The maximum atomic E-state index is 5.67. The summed E-state index contributed by atoms with van der Waals surface area (Å²) in [5.41, 5.74) is 6.49. The van der Waals surface area contributed by atoms with E-state index in [2.05, 4.69) is 4.98 Å². The molecule has 0 saturated heterocycles. The van der Waals surface area contributed by atoms with Gasteiger partial charge in [0.1, 0.15) is 5.76 Å². The fourth-order valence-corrected chi connectivity index (χ4v) is 1.45. The SMILES string of the molecule is Cc1nc(C2CC2)oc1CCCN. The number of hydrogen-bond acceptors (Lipinski definition) is 3.